The van der Waals surface area contributed by atoms with Gasteiger partial charge >= 0.3 is 0 Å². The second-order valence-corrected chi connectivity index (χ2v) is 4.92. The highest BCUT2D eigenvalue weighted by atomic mass is 32.1. The molecule has 0 radical (unpaired) electrons. The van der Waals surface area contributed by atoms with Crippen LogP contribution >= 0.6 is 11.3 Å². The van der Waals surface area contributed by atoms with Crippen molar-refractivity contribution in [1.82, 2.24) is 9.55 Å². The number of aromatic nitrogens is 2. The Morgan fingerprint density at radius 2 is 2.22 bits per heavy atom. The van der Waals surface area contributed by atoms with Crippen LogP contribution in [0, 0.1) is 0 Å². The molecular weight excluding hydrogens is 242 g/mol. The van der Waals surface area contributed by atoms with Gasteiger partial charge in [0.05, 0.1) is 0 Å². The van der Waals surface area contributed by atoms with Crippen LogP contribution in [0.15, 0.2) is 53.5 Å². The Balaban J connectivity index is 1.96. The van der Waals surface area contributed by atoms with Gasteiger partial charge in [-0.25, -0.2) is 4.98 Å². The Morgan fingerprint density at radius 1 is 1.28 bits per heavy atom. The summed E-state index contributed by atoms with van der Waals surface area (Å²) in [6.45, 7) is 0.841. The number of imidazole rings is 1. The van der Waals surface area contributed by atoms with Gasteiger partial charge in [0.25, 0.3) is 0 Å². The minimum absolute atomic E-state index is 0.762. The number of nitrogens with two attached hydrogens (primary N) is 1. The number of benzene rings is 1. The van der Waals surface area contributed by atoms with Gasteiger partial charge in [-0.3, -0.25) is 0 Å². The maximum absolute atomic E-state index is 5.82. The largest absolute Gasteiger partial charge is 0.399 e. The number of anilines is 1. The molecule has 0 aliphatic heterocycles. The molecular formula is C14H13N3S. The molecule has 4 heteroatoms. The van der Waals surface area contributed by atoms with Crippen LogP contribution in [0.1, 0.15) is 5.56 Å². The lowest BCUT2D eigenvalue weighted by Crippen LogP contribution is -2.00. The first kappa shape index (κ1) is 11.0. The first-order chi connectivity index (χ1) is 8.83. The van der Waals surface area contributed by atoms with Gasteiger partial charge in [-0.05, 0) is 34.5 Å². The first-order valence-electron chi connectivity index (χ1n) is 5.71. The molecule has 0 atom stereocenters. The van der Waals surface area contributed by atoms with Crippen LogP contribution in [0.4, 0.5) is 5.69 Å². The molecule has 0 aliphatic carbocycles. The molecule has 90 valence electrons. The van der Waals surface area contributed by atoms with E-state index in [4.69, 9.17) is 5.73 Å². The van der Waals surface area contributed by atoms with Gasteiger partial charge in [-0.1, -0.05) is 12.1 Å². The van der Waals surface area contributed by atoms with Crippen molar-refractivity contribution in [3.05, 3.63) is 59.0 Å². The van der Waals surface area contributed by atoms with Gasteiger partial charge in [-0.15, -0.1) is 0 Å². The summed E-state index contributed by atoms with van der Waals surface area (Å²) in [6.07, 6.45) is 3.82. The van der Waals surface area contributed by atoms with Gasteiger partial charge in [0.1, 0.15) is 5.82 Å². The fraction of sp³-hybridized carbons (Fsp3) is 0.0714. The summed E-state index contributed by atoms with van der Waals surface area (Å²) >= 11 is 1.71. The molecule has 3 rings (SSSR count). The lowest BCUT2D eigenvalue weighted by molar-refractivity contribution is 0.810. The van der Waals surface area contributed by atoms with Crippen LogP contribution in [0.2, 0.25) is 0 Å². The lowest BCUT2D eigenvalue weighted by Gasteiger charge is -2.07. The van der Waals surface area contributed by atoms with Gasteiger partial charge in [0, 0.05) is 30.2 Å². The third kappa shape index (κ3) is 2.15. The van der Waals surface area contributed by atoms with E-state index in [1.54, 1.807) is 11.3 Å². The van der Waals surface area contributed by atoms with Gasteiger partial charge < -0.3 is 10.3 Å². The fourth-order valence-corrected chi connectivity index (χ4v) is 2.61. The van der Waals surface area contributed by atoms with Crippen LogP contribution < -0.4 is 5.73 Å². The minimum atomic E-state index is 0.762. The molecule has 18 heavy (non-hydrogen) atoms. The second-order valence-electron chi connectivity index (χ2n) is 4.14. The second kappa shape index (κ2) is 4.66. The zero-order valence-electron chi connectivity index (χ0n) is 9.78. The summed E-state index contributed by atoms with van der Waals surface area (Å²) in [7, 11) is 0. The van der Waals surface area contributed by atoms with E-state index in [1.807, 2.05) is 36.7 Å². The zero-order chi connectivity index (χ0) is 12.4. The van der Waals surface area contributed by atoms with E-state index in [9.17, 15) is 0 Å². The molecule has 3 nitrogen and oxygen atoms in total. The standard InChI is InChI=1S/C14H13N3S/c15-13-3-1-2-12(8-13)14-16-5-6-17(14)9-11-4-7-18-10-11/h1-8,10H,9,15H2. The van der Waals surface area contributed by atoms with Crippen LogP contribution in [-0.2, 0) is 6.54 Å². The van der Waals surface area contributed by atoms with Crippen LogP contribution in [-0.4, -0.2) is 9.55 Å². The maximum Gasteiger partial charge on any atom is 0.140 e. The Hall–Kier alpha value is -2.07. The van der Waals surface area contributed by atoms with Crippen molar-refractivity contribution in [2.24, 2.45) is 0 Å². The number of hydrogen-bond donors (Lipinski definition) is 1. The van der Waals surface area contributed by atoms with Crippen molar-refractivity contribution in [2.75, 3.05) is 5.73 Å². The highest BCUT2D eigenvalue weighted by Gasteiger charge is 2.06. The number of rotatable bonds is 3. The SMILES string of the molecule is Nc1cccc(-c2nccn2Cc2ccsc2)c1. The third-order valence-electron chi connectivity index (χ3n) is 2.79. The molecule has 0 saturated heterocycles. The molecule has 0 aliphatic rings. The molecule has 0 amide bonds. The third-order valence-corrected chi connectivity index (χ3v) is 3.53. The molecule has 2 aromatic heterocycles. The monoisotopic (exact) mass is 255 g/mol. The van der Waals surface area contributed by atoms with Gasteiger partial charge in [0.15, 0.2) is 0 Å². The summed E-state index contributed by atoms with van der Waals surface area (Å²) in [5.74, 6) is 0.952. The van der Waals surface area contributed by atoms with Crippen molar-refractivity contribution in [1.29, 1.82) is 0 Å². The lowest BCUT2D eigenvalue weighted by atomic mass is 10.2. The predicted octanol–water partition coefficient (Wildman–Crippen LogP) is 3.24. The van der Waals surface area contributed by atoms with E-state index in [1.165, 1.54) is 5.56 Å². The average Bonchev–Trinajstić information content (AvgIpc) is 3.01. The Kier molecular flexibility index (Phi) is 2.86. The Labute approximate surface area is 110 Å². The Bertz CT molecular complexity index is 641. The van der Waals surface area contributed by atoms with E-state index in [0.29, 0.717) is 0 Å². The summed E-state index contributed by atoms with van der Waals surface area (Å²) in [6, 6.07) is 9.95. The van der Waals surface area contributed by atoms with Crippen molar-refractivity contribution in [2.45, 2.75) is 6.54 Å². The summed E-state index contributed by atoms with van der Waals surface area (Å²) in [5.41, 5.74) is 8.92. The van der Waals surface area contributed by atoms with Crippen molar-refractivity contribution < 1.29 is 0 Å². The summed E-state index contributed by atoms with van der Waals surface area (Å²) in [4.78, 5) is 4.42. The highest BCUT2D eigenvalue weighted by molar-refractivity contribution is 7.07. The van der Waals surface area contributed by atoms with E-state index < -0.39 is 0 Å². The molecule has 0 saturated carbocycles. The van der Waals surface area contributed by atoms with Gasteiger partial charge in [-0.2, -0.15) is 11.3 Å². The molecule has 0 bridgehead atoms. The average molecular weight is 255 g/mol. The van der Waals surface area contributed by atoms with Gasteiger partial charge in [0.2, 0.25) is 0 Å². The molecule has 0 unspecified atom stereocenters. The molecule has 0 spiro atoms. The van der Waals surface area contributed by atoms with Crippen molar-refractivity contribution >= 4 is 17.0 Å². The molecule has 1 aromatic carbocycles. The molecule has 0 fully saturated rings. The molecule has 3 aromatic rings. The summed E-state index contributed by atoms with van der Waals surface area (Å²) in [5, 5.41) is 4.25. The van der Waals surface area contributed by atoms with E-state index in [0.717, 1.165) is 23.6 Å². The van der Waals surface area contributed by atoms with Crippen LogP contribution in [0.5, 0.6) is 0 Å². The smallest absolute Gasteiger partial charge is 0.140 e. The van der Waals surface area contributed by atoms with E-state index >= 15 is 0 Å². The molecule has 2 heterocycles. The first-order valence-corrected chi connectivity index (χ1v) is 6.65. The van der Waals surface area contributed by atoms with Crippen molar-refractivity contribution in [3.63, 3.8) is 0 Å². The fourth-order valence-electron chi connectivity index (χ4n) is 1.95. The zero-order valence-corrected chi connectivity index (χ0v) is 10.6. The Morgan fingerprint density at radius 3 is 3.00 bits per heavy atom. The molecule has 2 N–H and O–H groups in total. The topological polar surface area (TPSA) is 43.8 Å². The maximum atomic E-state index is 5.82. The number of hydrogen-bond acceptors (Lipinski definition) is 3. The van der Waals surface area contributed by atoms with Crippen molar-refractivity contribution in [3.8, 4) is 11.4 Å². The quantitative estimate of drug-likeness (QED) is 0.730. The van der Waals surface area contributed by atoms with Crippen LogP contribution in [0.25, 0.3) is 11.4 Å². The number of nitrogens with zero attached hydrogens (tertiary/aromatic N) is 2. The number of nitrogen functional groups attached to an aromatic ring is 1. The predicted molar refractivity (Wildman–Crippen MR) is 75.5 cm³/mol. The van der Waals surface area contributed by atoms with Crippen LogP contribution in [0.3, 0.4) is 0 Å². The minimum Gasteiger partial charge on any atom is -0.399 e. The number of thiophene rings is 1. The van der Waals surface area contributed by atoms with E-state index in [-0.39, 0.29) is 0 Å². The normalized spacial score (nSPS) is 10.7. The summed E-state index contributed by atoms with van der Waals surface area (Å²) < 4.78 is 2.14. The highest BCUT2D eigenvalue weighted by Crippen LogP contribution is 2.21. The van der Waals surface area contributed by atoms with E-state index in [2.05, 4.69) is 26.4 Å².